The maximum atomic E-state index is 13.4. The number of hydrogen-bond acceptors (Lipinski definition) is 6. The fourth-order valence-electron chi connectivity index (χ4n) is 2.78. The molecule has 1 aromatic carbocycles. The zero-order chi connectivity index (χ0) is 19.9. The molecule has 0 aliphatic carbocycles. The molecule has 2 N–H and O–H groups in total. The molecule has 0 atom stereocenters. The van der Waals surface area contributed by atoms with Gasteiger partial charge in [0.05, 0.1) is 11.4 Å². The van der Waals surface area contributed by atoms with Crippen LogP contribution in [-0.2, 0) is 22.9 Å². The van der Waals surface area contributed by atoms with E-state index in [2.05, 4.69) is 10.4 Å². The van der Waals surface area contributed by atoms with Crippen LogP contribution in [0.15, 0.2) is 23.1 Å². The molecule has 27 heavy (non-hydrogen) atoms. The number of carbonyl (C=O) groups excluding carboxylic acids is 2. The Morgan fingerprint density at radius 2 is 2.07 bits per heavy atom. The smallest absolute Gasteiger partial charge is 0.275 e. The van der Waals surface area contributed by atoms with Crippen LogP contribution < -0.4 is 5.32 Å². The molecular weight excluding hydrogens is 379 g/mol. The van der Waals surface area contributed by atoms with Gasteiger partial charge in [-0.3, -0.25) is 14.3 Å². The standard InChI is InChI=1S/C16H17FN4O5S/c1-20-5-6-21-13(16(20)24)14(22)12(19-21)15(23)18-8-9-3-4-10(17)7-11(9)27(2,25)26/h3-4,7,22H,5-6,8H2,1-2H3,(H,18,23). The molecule has 0 spiro atoms. The van der Waals surface area contributed by atoms with E-state index >= 15 is 0 Å². The third-order valence-corrected chi connectivity index (χ3v) is 5.39. The summed E-state index contributed by atoms with van der Waals surface area (Å²) in [4.78, 5) is 25.6. The fraction of sp³-hybridized carbons (Fsp3) is 0.312. The molecule has 0 fully saturated rings. The summed E-state index contributed by atoms with van der Waals surface area (Å²) >= 11 is 0. The lowest BCUT2D eigenvalue weighted by molar-refractivity contribution is 0.0738. The van der Waals surface area contributed by atoms with E-state index in [0.29, 0.717) is 13.1 Å². The van der Waals surface area contributed by atoms with Crippen LogP contribution >= 0.6 is 0 Å². The maximum Gasteiger partial charge on any atom is 0.275 e. The maximum absolute atomic E-state index is 13.4. The average Bonchev–Trinajstić information content (AvgIpc) is 2.93. The van der Waals surface area contributed by atoms with Gasteiger partial charge in [-0.15, -0.1) is 0 Å². The van der Waals surface area contributed by atoms with Gasteiger partial charge in [0, 0.05) is 26.4 Å². The second-order valence-electron chi connectivity index (χ2n) is 6.20. The van der Waals surface area contributed by atoms with E-state index in [4.69, 9.17) is 0 Å². The van der Waals surface area contributed by atoms with E-state index in [1.165, 1.54) is 15.6 Å². The Morgan fingerprint density at radius 3 is 2.74 bits per heavy atom. The Bertz CT molecular complexity index is 1050. The van der Waals surface area contributed by atoms with Gasteiger partial charge in [0.2, 0.25) is 0 Å². The first kappa shape index (κ1) is 18.8. The first-order valence-electron chi connectivity index (χ1n) is 7.91. The van der Waals surface area contributed by atoms with Crippen molar-refractivity contribution in [2.45, 2.75) is 18.0 Å². The Kier molecular flexibility index (Phi) is 4.64. The van der Waals surface area contributed by atoms with Crippen LogP contribution in [-0.4, -0.2) is 59.9 Å². The number of aromatic hydroxyl groups is 1. The van der Waals surface area contributed by atoms with Crippen molar-refractivity contribution in [3.05, 3.63) is 41.0 Å². The fourth-order valence-corrected chi connectivity index (χ4v) is 3.73. The van der Waals surface area contributed by atoms with Gasteiger partial charge in [-0.25, -0.2) is 12.8 Å². The molecular formula is C16H17FN4O5S. The number of aromatic nitrogens is 2. The van der Waals surface area contributed by atoms with E-state index in [1.807, 2.05) is 0 Å². The minimum atomic E-state index is -3.70. The third-order valence-electron chi connectivity index (χ3n) is 4.21. The average molecular weight is 396 g/mol. The molecule has 0 bridgehead atoms. The lowest BCUT2D eigenvalue weighted by Gasteiger charge is -2.22. The molecule has 0 saturated heterocycles. The monoisotopic (exact) mass is 396 g/mol. The summed E-state index contributed by atoms with van der Waals surface area (Å²) in [6.07, 6.45) is 0.935. The number of hydrogen-bond donors (Lipinski definition) is 2. The number of sulfone groups is 1. The Labute approximate surface area is 154 Å². The van der Waals surface area contributed by atoms with Gasteiger partial charge in [0.25, 0.3) is 11.8 Å². The number of rotatable bonds is 4. The van der Waals surface area contributed by atoms with Crippen molar-refractivity contribution in [1.29, 1.82) is 0 Å². The molecule has 1 aliphatic rings. The number of halogens is 1. The predicted molar refractivity (Wildman–Crippen MR) is 91.5 cm³/mol. The summed E-state index contributed by atoms with van der Waals surface area (Å²) in [5.41, 5.74) is -0.226. The van der Waals surface area contributed by atoms with Gasteiger partial charge in [0.15, 0.2) is 27.0 Å². The van der Waals surface area contributed by atoms with E-state index < -0.39 is 33.2 Å². The van der Waals surface area contributed by atoms with Crippen molar-refractivity contribution in [3.8, 4) is 5.75 Å². The molecule has 144 valence electrons. The van der Waals surface area contributed by atoms with Crippen LogP contribution in [0.4, 0.5) is 4.39 Å². The predicted octanol–water partition coefficient (Wildman–Crippen LogP) is 0.147. The highest BCUT2D eigenvalue weighted by Gasteiger charge is 2.31. The molecule has 1 aromatic heterocycles. The minimum Gasteiger partial charge on any atom is -0.504 e. The van der Waals surface area contributed by atoms with E-state index in [-0.39, 0.29) is 28.4 Å². The first-order chi connectivity index (χ1) is 12.6. The van der Waals surface area contributed by atoms with Crippen molar-refractivity contribution in [3.63, 3.8) is 0 Å². The first-order valence-corrected chi connectivity index (χ1v) is 9.80. The lowest BCUT2D eigenvalue weighted by Crippen LogP contribution is -2.37. The van der Waals surface area contributed by atoms with Crippen LogP contribution in [0.3, 0.4) is 0 Å². The van der Waals surface area contributed by atoms with Crippen molar-refractivity contribution < 1.29 is 27.5 Å². The zero-order valence-corrected chi connectivity index (χ0v) is 15.4. The van der Waals surface area contributed by atoms with Gasteiger partial charge in [-0.05, 0) is 17.7 Å². The van der Waals surface area contributed by atoms with Crippen LogP contribution in [0.25, 0.3) is 0 Å². The summed E-state index contributed by atoms with van der Waals surface area (Å²) in [5.74, 6) is -2.49. The number of nitrogens with one attached hydrogen (secondary N) is 1. The number of fused-ring (bicyclic) bond motifs is 1. The normalized spacial score (nSPS) is 14.2. The molecule has 0 unspecified atom stereocenters. The van der Waals surface area contributed by atoms with Gasteiger partial charge in [-0.2, -0.15) is 5.10 Å². The van der Waals surface area contributed by atoms with Crippen molar-refractivity contribution in [2.24, 2.45) is 0 Å². The highest BCUT2D eigenvalue weighted by Crippen LogP contribution is 2.26. The molecule has 3 rings (SSSR count). The largest absolute Gasteiger partial charge is 0.504 e. The number of amides is 2. The van der Waals surface area contributed by atoms with Gasteiger partial charge in [-0.1, -0.05) is 6.07 Å². The molecule has 9 nitrogen and oxygen atoms in total. The van der Waals surface area contributed by atoms with E-state index in [0.717, 1.165) is 18.4 Å². The van der Waals surface area contributed by atoms with Crippen molar-refractivity contribution in [1.82, 2.24) is 20.0 Å². The highest BCUT2D eigenvalue weighted by molar-refractivity contribution is 7.90. The Balaban J connectivity index is 1.85. The molecule has 1 aliphatic heterocycles. The summed E-state index contributed by atoms with van der Waals surface area (Å²) in [5, 5.41) is 16.6. The summed E-state index contributed by atoms with van der Waals surface area (Å²) < 4.78 is 38.2. The number of carbonyl (C=O) groups is 2. The number of likely N-dealkylation sites (N-methyl/N-ethyl adjacent to an activating group) is 1. The van der Waals surface area contributed by atoms with Crippen molar-refractivity contribution in [2.75, 3.05) is 19.8 Å². The Hall–Kier alpha value is -2.95. The lowest BCUT2D eigenvalue weighted by atomic mass is 10.2. The number of benzene rings is 1. The van der Waals surface area contributed by atoms with E-state index in [9.17, 15) is 27.5 Å². The van der Waals surface area contributed by atoms with Crippen LogP contribution in [0.1, 0.15) is 26.5 Å². The molecule has 0 radical (unpaired) electrons. The SMILES string of the molecule is CN1CCn2nc(C(=O)NCc3ccc(F)cc3S(C)(=O)=O)c(O)c2C1=O. The molecule has 0 saturated carbocycles. The molecule has 2 amide bonds. The summed E-state index contributed by atoms with van der Waals surface area (Å²) in [6, 6.07) is 3.21. The molecule has 2 heterocycles. The second-order valence-corrected chi connectivity index (χ2v) is 8.19. The number of nitrogens with zero attached hydrogens (tertiary/aromatic N) is 3. The Morgan fingerprint density at radius 1 is 1.37 bits per heavy atom. The summed E-state index contributed by atoms with van der Waals surface area (Å²) in [6.45, 7) is 0.493. The molecule has 2 aromatic rings. The topological polar surface area (TPSA) is 122 Å². The minimum absolute atomic E-state index is 0.0764. The van der Waals surface area contributed by atoms with Gasteiger partial charge < -0.3 is 15.3 Å². The van der Waals surface area contributed by atoms with Crippen LogP contribution in [0, 0.1) is 5.82 Å². The quantitative estimate of drug-likeness (QED) is 0.759. The van der Waals surface area contributed by atoms with Gasteiger partial charge in [0.1, 0.15) is 5.82 Å². The third kappa shape index (κ3) is 3.50. The van der Waals surface area contributed by atoms with E-state index in [1.54, 1.807) is 7.05 Å². The van der Waals surface area contributed by atoms with Gasteiger partial charge >= 0.3 is 0 Å². The highest BCUT2D eigenvalue weighted by atomic mass is 32.2. The van der Waals surface area contributed by atoms with Crippen LogP contribution in [0.5, 0.6) is 5.75 Å². The second kappa shape index (κ2) is 6.65. The molecule has 11 heteroatoms. The van der Waals surface area contributed by atoms with Crippen LogP contribution in [0.2, 0.25) is 0 Å². The summed E-state index contributed by atoms with van der Waals surface area (Å²) in [7, 11) is -2.13. The zero-order valence-electron chi connectivity index (χ0n) is 14.6. The van der Waals surface area contributed by atoms with Crippen molar-refractivity contribution >= 4 is 21.7 Å².